The molecule has 0 atom stereocenters. The summed E-state index contributed by atoms with van der Waals surface area (Å²) in [5, 5.41) is 12.1. The molecule has 1 aromatic rings. The van der Waals surface area contributed by atoms with E-state index in [9.17, 15) is 14.7 Å². The topological polar surface area (TPSA) is 66.4 Å². The molecular formula is C15H19NO3S. The summed E-state index contributed by atoms with van der Waals surface area (Å²) in [7, 11) is 0. The van der Waals surface area contributed by atoms with Gasteiger partial charge in [-0.3, -0.25) is 9.59 Å². The summed E-state index contributed by atoms with van der Waals surface area (Å²) in [6.07, 6.45) is 5.11. The number of carboxylic acids is 1. The van der Waals surface area contributed by atoms with Crippen molar-refractivity contribution in [1.82, 2.24) is 5.32 Å². The normalized spacial score (nSPS) is 16.9. The molecule has 108 valence electrons. The van der Waals surface area contributed by atoms with Gasteiger partial charge in [0.1, 0.15) is 0 Å². The summed E-state index contributed by atoms with van der Waals surface area (Å²) in [6, 6.07) is 7.32. The predicted molar refractivity (Wildman–Crippen MR) is 79.1 cm³/mol. The number of amides is 1. The van der Waals surface area contributed by atoms with Gasteiger partial charge in [0, 0.05) is 17.0 Å². The predicted octanol–water partition coefficient (Wildman–Crippen LogP) is 2.78. The van der Waals surface area contributed by atoms with Crippen molar-refractivity contribution < 1.29 is 14.7 Å². The summed E-state index contributed by atoms with van der Waals surface area (Å²) in [4.78, 5) is 24.6. The molecule has 0 aliphatic heterocycles. The standard InChI is InChI=1S/C15H19NO3S/c1-20-12-6-4-11(5-7-12)13(17)16-10-15(14(18)19)8-2-3-9-15/h4-7H,2-3,8-10H2,1H3,(H,16,17)(H,18,19). The van der Waals surface area contributed by atoms with Gasteiger partial charge in [0.15, 0.2) is 0 Å². The van der Waals surface area contributed by atoms with Gasteiger partial charge < -0.3 is 10.4 Å². The molecule has 1 fully saturated rings. The van der Waals surface area contributed by atoms with Crippen LogP contribution in [0.15, 0.2) is 29.2 Å². The molecule has 0 saturated heterocycles. The zero-order valence-electron chi connectivity index (χ0n) is 11.5. The van der Waals surface area contributed by atoms with Crippen LogP contribution in [-0.4, -0.2) is 29.8 Å². The third-order valence-electron chi connectivity index (χ3n) is 3.95. The zero-order valence-corrected chi connectivity index (χ0v) is 12.3. The Morgan fingerprint density at radius 3 is 2.35 bits per heavy atom. The van der Waals surface area contributed by atoms with Crippen LogP contribution in [-0.2, 0) is 4.79 Å². The zero-order chi connectivity index (χ0) is 14.6. The van der Waals surface area contributed by atoms with E-state index in [1.54, 1.807) is 23.9 Å². The minimum atomic E-state index is -0.798. The van der Waals surface area contributed by atoms with E-state index in [4.69, 9.17) is 0 Å². The lowest BCUT2D eigenvalue weighted by Gasteiger charge is -2.23. The van der Waals surface area contributed by atoms with Gasteiger partial charge in [-0.15, -0.1) is 11.8 Å². The summed E-state index contributed by atoms with van der Waals surface area (Å²) in [6.45, 7) is 0.214. The van der Waals surface area contributed by atoms with E-state index in [-0.39, 0.29) is 12.5 Å². The molecular weight excluding hydrogens is 274 g/mol. The van der Waals surface area contributed by atoms with Crippen molar-refractivity contribution in [3.63, 3.8) is 0 Å². The van der Waals surface area contributed by atoms with Crippen LogP contribution in [0.25, 0.3) is 0 Å². The highest BCUT2D eigenvalue weighted by molar-refractivity contribution is 7.98. The Bertz CT molecular complexity index is 492. The monoisotopic (exact) mass is 293 g/mol. The molecule has 1 aromatic carbocycles. The minimum absolute atomic E-state index is 0.204. The minimum Gasteiger partial charge on any atom is -0.481 e. The fraction of sp³-hybridized carbons (Fsp3) is 0.467. The number of carbonyl (C=O) groups excluding carboxylic acids is 1. The number of carbonyl (C=O) groups is 2. The Morgan fingerprint density at radius 2 is 1.85 bits per heavy atom. The Kier molecular flexibility index (Phi) is 4.70. The molecule has 0 radical (unpaired) electrons. The third-order valence-corrected chi connectivity index (χ3v) is 4.70. The van der Waals surface area contributed by atoms with Crippen molar-refractivity contribution in [2.24, 2.45) is 5.41 Å². The highest BCUT2D eigenvalue weighted by Gasteiger charge is 2.41. The van der Waals surface area contributed by atoms with Crippen molar-refractivity contribution in [2.45, 2.75) is 30.6 Å². The van der Waals surface area contributed by atoms with Gasteiger partial charge in [-0.1, -0.05) is 12.8 Å². The maximum absolute atomic E-state index is 12.1. The van der Waals surface area contributed by atoms with Crippen LogP contribution in [0.4, 0.5) is 0 Å². The molecule has 1 aliphatic carbocycles. The maximum atomic E-state index is 12.1. The summed E-state index contributed by atoms with van der Waals surface area (Å²) >= 11 is 1.62. The number of thioether (sulfide) groups is 1. The van der Waals surface area contributed by atoms with Crippen LogP contribution in [0.5, 0.6) is 0 Å². The molecule has 0 unspecified atom stereocenters. The van der Waals surface area contributed by atoms with E-state index in [0.29, 0.717) is 18.4 Å². The van der Waals surface area contributed by atoms with Gasteiger partial charge in [0.05, 0.1) is 5.41 Å². The van der Waals surface area contributed by atoms with Crippen molar-refractivity contribution in [1.29, 1.82) is 0 Å². The van der Waals surface area contributed by atoms with Crippen LogP contribution in [0.1, 0.15) is 36.0 Å². The molecule has 1 saturated carbocycles. The van der Waals surface area contributed by atoms with Gasteiger partial charge in [-0.25, -0.2) is 0 Å². The number of nitrogens with one attached hydrogen (secondary N) is 1. The summed E-state index contributed by atoms with van der Waals surface area (Å²) < 4.78 is 0. The van der Waals surface area contributed by atoms with Gasteiger partial charge in [0.2, 0.25) is 0 Å². The molecule has 2 N–H and O–H groups in total. The van der Waals surface area contributed by atoms with E-state index in [0.717, 1.165) is 17.7 Å². The molecule has 1 aliphatic rings. The van der Waals surface area contributed by atoms with Gasteiger partial charge in [-0.2, -0.15) is 0 Å². The van der Waals surface area contributed by atoms with E-state index in [2.05, 4.69) is 5.32 Å². The second kappa shape index (κ2) is 6.31. The van der Waals surface area contributed by atoms with Crippen LogP contribution in [0.3, 0.4) is 0 Å². The first kappa shape index (κ1) is 14.9. The number of benzene rings is 1. The van der Waals surface area contributed by atoms with Crippen LogP contribution in [0.2, 0.25) is 0 Å². The van der Waals surface area contributed by atoms with Crippen molar-refractivity contribution in [3.8, 4) is 0 Å². The number of carboxylic acid groups (broad SMARTS) is 1. The summed E-state index contributed by atoms with van der Waals surface area (Å²) in [5.74, 6) is -1.00. The van der Waals surface area contributed by atoms with Crippen LogP contribution >= 0.6 is 11.8 Å². The third kappa shape index (κ3) is 3.15. The molecule has 0 bridgehead atoms. The summed E-state index contributed by atoms with van der Waals surface area (Å²) in [5.41, 5.74) is -0.198. The van der Waals surface area contributed by atoms with E-state index in [1.807, 2.05) is 18.4 Å². The number of aliphatic carboxylic acids is 1. The van der Waals surface area contributed by atoms with Gasteiger partial charge in [-0.05, 0) is 43.4 Å². The molecule has 0 aromatic heterocycles. The first-order valence-corrected chi connectivity index (χ1v) is 7.95. The highest BCUT2D eigenvalue weighted by Crippen LogP contribution is 2.37. The van der Waals surface area contributed by atoms with Crippen molar-refractivity contribution in [3.05, 3.63) is 29.8 Å². The van der Waals surface area contributed by atoms with Crippen LogP contribution < -0.4 is 5.32 Å². The maximum Gasteiger partial charge on any atom is 0.311 e. The fourth-order valence-electron chi connectivity index (χ4n) is 2.61. The molecule has 0 heterocycles. The van der Waals surface area contributed by atoms with E-state index < -0.39 is 11.4 Å². The lowest BCUT2D eigenvalue weighted by Crippen LogP contribution is -2.41. The average molecular weight is 293 g/mol. The van der Waals surface area contributed by atoms with Crippen molar-refractivity contribution in [2.75, 3.05) is 12.8 Å². The molecule has 2 rings (SSSR count). The average Bonchev–Trinajstić information content (AvgIpc) is 2.95. The second-order valence-corrected chi connectivity index (χ2v) is 6.08. The second-order valence-electron chi connectivity index (χ2n) is 5.20. The SMILES string of the molecule is CSc1ccc(C(=O)NCC2(C(=O)O)CCCC2)cc1. The Hall–Kier alpha value is -1.49. The molecule has 20 heavy (non-hydrogen) atoms. The largest absolute Gasteiger partial charge is 0.481 e. The first-order valence-electron chi connectivity index (χ1n) is 6.73. The van der Waals surface area contributed by atoms with E-state index >= 15 is 0 Å². The smallest absolute Gasteiger partial charge is 0.311 e. The van der Waals surface area contributed by atoms with Crippen molar-refractivity contribution >= 4 is 23.6 Å². The quantitative estimate of drug-likeness (QED) is 0.819. The molecule has 5 heteroatoms. The Labute approximate surface area is 123 Å². The fourth-order valence-corrected chi connectivity index (χ4v) is 3.02. The molecule has 0 spiro atoms. The lowest BCUT2D eigenvalue weighted by molar-refractivity contribution is -0.148. The highest BCUT2D eigenvalue weighted by atomic mass is 32.2. The van der Waals surface area contributed by atoms with E-state index in [1.165, 1.54) is 0 Å². The van der Waals surface area contributed by atoms with Crippen LogP contribution in [0, 0.1) is 5.41 Å². The lowest BCUT2D eigenvalue weighted by atomic mass is 9.86. The molecule has 4 nitrogen and oxygen atoms in total. The van der Waals surface area contributed by atoms with Gasteiger partial charge >= 0.3 is 5.97 Å². The Morgan fingerprint density at radius 1 is 1.25 bits per heavy atom. The number of hydrogen-bond donors (Lipinski definition) is 2. The first-order chi connectivity index (χ1) is 9.57. The number of hydrogen-bond acceptors (Lipinski definition) is 3. The molecule has 1 amide bonds. The van der Waals surface area contributed by atoms with Gasteiger partial charge in [0.25, 0.3) is 5.91 Å². The Balaban J connectivity index is 1.98. The number of rotatable bonds is 5.